The van der Waals surface area contributed by atoms with Crippen molar-refractivity contribution in [1.29, 1.82) is 0 Å². The molecule has 0 saturated heterocycles. The number of rotatable bonds is 3. The van der Waals surface area contributed by atoms with Crippen LogP contribution in [0.1, 0.15) is 15.9 Å². The van der Waals surface area contributed by atoms with E-state index in [2.05, 4.69) is 10.3 Å². The number of nitrogens with zero attached hydrogens (tertiary/aromatic N) is 1. The second kappa shape index (κ2) is 5.73. The molecule has 1 heterocycles. The van der Waals surface area contributed by atoms with Gasteiger partial charge in [-0.1, -0.05) is 30.3 Å². The van der Waals surface area contributed by atoms with Crippen molar-refractivity contribution < 1.29 is 4.79 Å². The van der Waals surface area contributed by atoms with Crippen molar-refractivity contribution in [3.05, 3.63) is 71.9 Å². The Labute approximate surface area is 122 Å². The van der Waals surface area contributed by atoms with Gasteiger partial charge >= 0.3 is 0 Å². The van der Waals surface area contributed by atoms with Gasteiger partial charge in [0.15, 0.2) is 0 Å². The molecule has 2 aromatic carbocycles. The molecule has 3 rings (SSSR count). The smallest absolute Gasteiger partial charge is 0.257 e. The first-order chi connectivity index (χ1) is 10.3. The van der Waals surface area contributed by atoms with E-state index in [9.17, 15) is 4.79 Å². The summed E-state index contributed by atoms with van der Waals surface area (Å²) in [5.41, 5.74) is 8.60. The number of nitrogens with two attached hydrogens (primary N) is 1. The zero-order valence-electron chi connectivity index (χ0n) is 11.4. The van der Waals surface area contributed by atoms with Gasteiger partial charge in [0.1, 0.15) is 0 Å². The summed E-state index contributed by atoms with van der Waals surface area (Å²) < 4.78 is 0. The highest BCUT2D eigenvalue weighted by Gasteiger charge is 2.10. The van der Waals surface area contributed by atoms with Gasteiger partial charge < -0.3 is 11.1 Å². The Morgan fingerprint density at radius 3 is 2.57 bits per heavy atom. The Kier molecular flexibility index (Phi) is 3.62. The number of fused-ring (bicyclic) bond motifs is 1. The van der Waals surface area contributed by atoms with E-state index in [0.717, 1.165) is 16.6 Å². The molecule has 0 aliphatic rings. The van der Waals surface area contributed by atoms with Crippen LogP contribution in [0.15, 0.2) is 60.8 Å². The van der Waals surface area contributed by atoms with Gasteiger partial charge in [-0.15, -0.1) is 0 Å². The van der Waals surface area contributed by atoms with Gasteiger partial charge in [0.05, 0.1) is 11.1 Å². The van der Waals surface area contributed by atoms with Crippen molar-refractivity contribution in [2.24, 2.45) is 5.73 Å². The van der Waals surface area contributed by atoms with E-state index in [0.29, 0.717) is 17.6 Å². The average molecular weight is 277 g/mol. The molecule has 4 nitrogen and oxygen atoms in total. The first-order valence-electron chi connectivity index (χ1n) is 6.72. The van der Waals surface area contributed by atoms with Crippen molar-refractivity contribution in [1.82, 2.24) is 4.98 Å². The first-order valence-corrected chi connectivity index (χ1v) is 6.72. The number of hydrogen-bond acceptors (Lipinski definition) is 3. The number of amides is 1. The maximum atomic E-state index is 12.4. The average Bonchev–Trinajstić information content (AvgIpc) is 2.55. The molecule has 0 bridgehead atoms. The molecule has 0 spiro atoms. The van der Waals surface area contributed by atoms with Crippen LogP contribution < -0.4 is 11.1 Å². The van der Waals surface area contributed by atoms with Crippen molar-refractivity contribution in [2.45, 2.75) is 6.54 Å². The van der Waals surface area contributed by atoms with Gasteiger partial charge in [0, 0.05) is 23.8 Å². The minimum Gasteiger partial charge on any atom is -0.326 e. The standard InChI is InChI=1S/C17H15N3O/c18-11-12-6-8-14(9-7-12)20-17(21)15-5-1-3-13-4-2-10-19-16(13)15/h1-10H,11,18H2,(H,20,21). The maximum absolute atomic E-state index is 12.4. The second-order valence-corrected chi connectivity index (χ2v) is 4.74. The number of benzene rings is 2. The second-order valence-electron chi connectivity index (χ2n) is 4.74. The van der Waals surface area contributed by atoms with E-state index in [1.165, 1.54) is 0 Å². The summed E-state index contributed by atoms with van der Waals surface area (Å²) in [6, 6.07) is 16.9. The van der Waals surface area contributed by atoms with Crippen LogP contribution in [0.3, 0.4) is 0 Å². The van der Waals surface area contributed by atoms with Crippen LogP contribution in [-0.4, -0.2) is 10.9 Å². The topological polar surface area (TPSA) is 68.0 Å². The Balaban J connectivity index is 1.90. The third kappa shape index (κ3) is 2.75. The summed E-state index contributed by atoms with van der Waals surface area (Å²) in [6.07, 6.45) is 1.69. The van der Waals surface area contributed by atoms with Crippen molar-refractivity contribution >= 4 is 22.5 Å². The Morgan fingerprint density at radius 1 is 1.05 bits per heavy atom. The predicted molar refractivity (Wildman–Crippen MR) is 84.0 cm³/mol. The third-order valence-electron chi connectivity index (χ3n) is 3.32. The summed E-state index contributed by atoms with van der Waals surface area (Å²) in [5.74, 6) is -0.167. The lowest BCUT2D eigenvalue weighted by Gasteiger charge is -2.08. The molecule has 0 unspecified atom stereocenters. The number of carbonyl (C=O) groups excluding carboxylic acids is 1. The Morgan fingerprint density at radius 2 is 1.81 bits per heavy atom. The zero-order valence-corrected chi connectivity index (χ0v) is 11.4. The van der Waals surface area contributed by atoms with E-state index >= 15 is 0 Å². The molecule has 3 aromatic rings. The minimum absolute atomic E-state index is 0.167. The summed E-state index contributed by atoms with van der Waals surface area (Å²) in [5, 5.41) is 3.83. The molecular weight excluding hydrogens is 262 g/mol. The van der Waals surface area contributed by atoms with Gasteiger partial charge in [-0.05, 0) is 29.8 Å². The third-order valence-corrected chi connectivity index (χ3v) is 3.32. The van der Waals surface area contributed by atoms with Gasteiger partial charge in [-0.2, -0.15) is 0 Å². The highest BCUT2D eigenvalue weighted by atomic mass is 16.1. The lowest BCUT2D eigenvalue weighted by Crippen LogP contribution is -2.12. The van der Waals surface area contributed by atoms with Gasteiger partial charge in [0.25, 0.3) is 5.91 Å². The molecule has 0 radical (unpaired) electrons. The van der Waals surface area contributed by atoms with E-state index in [1.807, 2.05) is 48.5 Å². The lowest BCUT2D eigenvalue weighted by atomic mass is 10.1. The number of hydrogen-bond donors (Lipinski definition) is 2. The summed E-state index contributed by atoms with van der Waals surface area (Å²) in [4.78, 5) is 16.7. The molecule has 0 aliphatic heterocycles. The molecule has 0 saturated carbocycles. The maximum Gasteiger partial charge on any atom is 0.257 e. The van der Waals surface area contributed by atoms with E-state index < -0.39 is 0 Å². The number of aromatic nitrogens is 1. The fourth-order valence-electron chi connectivity index (χ4n) is 2.21. The quantitative estimate of drug-likeness (QED) is 0.773. The number of para-hydroxylation sites is 1. The van der Waals surface area contributed by atoms with Crippen LogP contribution in [0.4, 0.5) is 5.69 Å². The van der Waals surface area contributed by atoms with E-state index in [-0.39, 0.29) is 5.91 Å². The normalized spacial score (nSPS) is 10.5. The molecule has 0 atom stereocenters. The lowest BCUT2D eigenvalue weighted by molar-refractivity contribution is 0.102. The summed E-state index contributed by atoms with van der Waals surface area (Å²) in [6.45, 7) is 0.488. The van der Waals surface area contributed by atoms with Crippen molar-refractivity contribution in [2.75, 3.05) is 5.32 Å². The molecular formula is C17H15N3O. The van der Waals surface area contributed by atoms with Crippen LogP contribution >= 0.6 is 0 Å². The number of nitrogens with one attached hydrogen (secondary N) is 1. The molecule has 0 fully saturated rings. The molecule has 0 aliphatic carbocycles. The van der Waals surface area contributed by atoms with Crippen LogP contribution in [0.25, 0.3) is 10.9 Å². The van der Waals surface area contributed by atoms with E-state index in [1.54, 1.807) is 12.3 Å². The molecule has 104 valence electrons. The fourth-order valence-corrected chi connectivity index (χ4v) is 2.21. The monoisotopic (exact) mass is 277 g/mol. The number of pyridine rings is 1. The van der Waals surface area contributed by atoms with Crippen LogP contribution in [-0.2, 0) is 6.54 Å². The highest BCUT2D eigenvalue weighted by molar-refractivity contribution is 6.11. The SMILES string of the molecule is NCc1ccc(NC(=O)c2cccc3cccnc23)cc1. The van der Waals surface area contributed by atoms with Gasteiger partial charge in [-0.25, -0.2) is 0 Å². The number of carbonyl (C=O) groups is 1. The van der Waals surface area contributed by atoms with Crippen molar-refractivity contribution in [3.63, 3.8) is 0 Å². The van der Waals surface area contributed by atoms with E-state index in [4.69, 9.17) is 5.73 Å². The molecule has 1 aromatic heterocycles. The zero-order chi connectivity index (χ0) is 14.7. The Bertz CT molecular complexity index is 776. The molecule has 3 N–H and O–H groups in total. The van der Waals surface area contributed by atoms with Crippen LogP contribution in [0.5, 0.6) is 0 Å². The predicted octanol–water partition coefficient (Wildman–Crippen LogP) is 2.95. The molecule has 1 amide bonds. The summed E-state index contributed by atoms with van der Waals surface area (Å²) in [7, 11) is 0. The van der Waals surface area contributed by atoms with Crippen LogP contribution in [0.2, 0.25) is 0 Å². The first kappa shape index (κ1) is 13.3. The number of anilines is 1. The largest absolute Gasteiger partial charge is 0.326 e. The van der Waals surface area contributed by atoms with Crippen LogP contribution in [0, 0.1) is 0 Å². The van der Waals surface area contributed by atoms with Gasteiger partial charge in [0.2, 0.25) is 0 Å². The Hall–Kier alpha value is -2.72. The van der Waals surface area contributed by atoms with Crippen molar-refractivity contribution in [3.8, 4) is 0 Å². The summed E-state index contributed by atoms with van der Waals surface area (Å²) >= 11 is 0. The highest BCUT2D eigenvalue weighted by Crippen LogP contribution is 2.18. The molecule has 21 heavy (non-hydrogen) atoms. The fraction of sp³-hybridized carbons (Fsp3) is 0.0588. The van der Waals surface area contributed by atoms with Gasteiger partial charge in [-0.3, -0.25) is 9.78 Å². The molecule has 4 heteroatoms. The minimum atomic E-state index is -0.167.